The summed E-state index contributed by atoms with van der Waals surface area (Å²) >= 11 is 0. The second kappa shape index (κ2) is 14.4. The number of nitrogen functional groups attached to an aromatic ring is 1. The largest absolute Gasteiger partial charge is 0.497 e. The van der Waals surface area contributed by atoms with Crippen molar-refractivity contribution < 1.29 is 31.4 Å². The molecule has 0 aliphatic carbocycles. The van der Waals surface area contributed by atoms with Crippen LogP contribution in [-0.4, -0.2) is 84.7 Å². The van der Waals surface area contributed by atoms with E-state index in [4.69, 9.17) is 20.9 Å². The van der Waals surface area contributed by atoms with Gasteiger partial charge >= 0.3 is 0 Å². The Labute approximate surface area is 293 Å². The van der Waals surface area contributed by atoms with Crippen LogP contribution < -0.4 is 25.7 Å². The number of para-hydroxylation sites is 1. The summed E-state index contributed by atoms with van der Waals surface area (Å²) in [5, 5.41) is 23.3. The third-order valence-electron chi connectivity index (χ3n) is 8.02. The molecule has 0 saturated heterocycles. The molecule has 4 aromatic carbocycles. The molecule has 7 N–H and O–H groups in total. The number of nitrogens with zero attached hydrogens (tertiary/aromatic N) is 5. The maximum absolute atomic E-state index is 14.5. The van der Waals surface area contributed by atoms with Gasteiger partial charge in [-0.25, -0.2) is 26.5 Å². The third-order valence-corrected chi connectivity index (χ3v) is 11.5. The number of benzene rings is 4. The molecule has 0 amide bonds. The van der Waals surface area contributed by atoms with Gasteiger partial charge in [-0.15, -0.1) is 10.2 Å². The summed E-state index contributed by atoms with van der Waals surface area (Å²) in [4.78, 5) is 7.41. The standard InChI is InChI=1S/C33H35N9O7S2/c1-48-23-10-6-20(7-11-23)17-36-51(46,47)31-28(50(44,45)19-22(43)16-34)15-14-25(26-4-3-5-27-30(26)38-33(35)37-27)29(31)32-39-41-42(40-32)18-21-8-12-24(49-2)13-9-21/h3-15,22,36,43H,16-19,34H2,1-2H3,(H3,35,37,38). The van der Waals surface area contributed by atoms with Gasteiger partial charge in [0.05, 0.1) is 54.1 Å². The second-order valence-corrected chi connectivity index (χ2v) is 15.2. The van der Waals surface area contributed by atoms with Crippen LogP contribution in [0.4, 0.5) is 5.95 Å². The van der Waals surface area contributed by atoms with Crippen molar-refractivity contribution in [3.05, 3.63) is 90.0 Å². The number of hydrogen-bond donors (Lipinski definition) is 5. The number of anilines is 1. The molecule has 6 rings (SSSR count). The average molecular weight is 734 g/mol. The van der Waals surface area contributed by atoms with Gasteiger partial charge in [-0.1, -0.05) is 42.5 Å². The molecule has 2 heterocycles. The second-order valence-electron chi connectivity index (χ2n) is 11.5. The van der Waals surface area contributed by atoms with Crippen molar-refractivity contribution in [1.29, 1.82) is 0 Å². The fourth-order valence-corrected chi connectivity index (χ4v) is 9.00. The maximum Gasteiger partial charge on any atom is 0.242 e. The molecule has 16 nitrogen and oxygen atoms in total. The summed E-state index contributed by atoms with van der Waals surface area (Å²) < 4.78 is 69.9. The van der Waals surface area contributed by atoms with Gasteiger partial charge in [-0.3, -0.25) is 0 Å². The van der Waals surface area contributed by atoms with Gasteiger partial charge in [0.2, 0.25) is 15.8 Å². The molecule has 0 aliphatic heterocycles. The van der Waals surface area contributed by atoms with Crippen molar-refractivity contribution in [3.8, 4) is 34.0 Å². The Morgan fingerprint density at radius 1 is 0.902 bits per heavy atom. The number of nitrogens with one attached hydrogen (secondary N) is 2. The van der Waals surface area contributed by atoms with E-state index in [0.29, 0.717) is 33.7 Å². The fraction of sp³-hybridized carbons (Fsp3) is 0.212. The number of aliphatic hydroxyl groups excluding tert-OH is 1. The first kappa shape index (κ1) is 35.4. The van der Waals surface area contributed by atoms with Gasteiger partial charge < -0.3 is 31.0 Å². The van der Waals surface area contributed by atoms with Crippen molar-refractivity contribution in [2.45, 2.75) is 29.0 Å². The van der Waals surface area contributed by atoms with Crippen molar-refractivity contribution in [2.24, 2.45) is 5.73 Å². The van der Waals surface area contributed by atoms with E-state index in [-0.39, 0.29) is 42.5 Å². The lowest BCUT2D eigenvalue weighted by atomic mass is 9.98. The first-order chi connectivity index (χ1) is 24.4. The lowest BCUT2D eigenvalue weighted by Crippen LogP contribution is -2.31. The molecule has 0 saturated carbocycles. The van der Waals surface area contributed by atoms with E-state index in [0.717, 1.165) is 5.56 Å². The topological polar surface area (TPSA) is 243 Å². The first-order valence-corrected chi connectivity index (χ1v) is 18.6. The maximum atomic E-state index is 14.5. The van der Waals surface area contributed by atoms with Crippen molar-refractivity contribution in [3.63, 3.8) is 0 Å². The highest BCUT2D eigenvalue weighted by atomic mass is 32.2. The highest BCUT2D eigenvalue weighted by Gasteiger charge is 2.35. The van der Waals surface area contributed by atoms with E-state index >= 15 is 0 Å². The number of sulfone groups is 1. The van der Waals surface area contributed by atoms with E-state index in [2.05, 4.69) is 30.1 Å². The Morgan fingerprint density at radius 3 is 2.22 bits per heavy atom. The predicted molar refractivity (Wildman–Crippen MR) is 189 cm³/mol. The van der Waals surface area contributed by atoms with Crippen LogP contribution in [-0.2, 0) is 33.0 Å². The lowest BCUT2D eigenvalue weighted by Gasteiger charge is -2.19. The summed E-state index contributed by atoms with van der Waals surface area (Å²) in [5.74, 6) is 0.317. The average Bonchev–Trinajstić information content (AvgIpc) is 3.76. The van der Waals surface area contributed by atoms with E-state index in [1.165, 1.54) is 24.0 Å². The minimum absolute atomic E-state index is 0.117. The number of imidazole rings is 1. The van der Waals surface area contributed by atoms with Gasteiger partial charge in [-0.05, 0) is 58.3 Å². The summed E-state index contributed by atoms with van der Waals surface area (Å²) in [6.07, 6.45) is -1.47. The Morgan fingerprint density at radius 2 is 1.57 bits per heavy atom. The predicted octanol–water partition coefficient (Wildman–Crippen LogP) is 2.10. The van der Waals surface area contributed by atoms with E-state index in [1.807, 2.05) is 12.1 Å². The van der Waals surface area contributed by atoms with E-state index in [9.17, 15) is 21.9 Å². The SMILES string of the molecule is COc1ccc(CNS(=O)(=O)c2c(S(=O)(=O)CC(O)CN)ccc(-c3cccc4[nH]c(N)nc34)c2-c2nnn(Cc3ccc(OC)cc3)n2)cc1. The first-order valence-electron chi connectivity index (χ1n) is 15.5. The molecule has 6 aromatic rings. The smallest absolute Gasteiger partial charge is 0.242 e. The lowest BCUT2D eigenvalue weighted by molar-refractivity contribution is 0.205. The number of rotatable bonds is 14. The number of methoxy groups -OCH3 is 2. The zero-order valence-electron chi connectivity index (χ0n) is 27.5. The molecular formula is C33H35N9O7S2. The molecule has 0 aliphatic rings. The summed E-state index contributed by atoms with van der Waals surface area (Å²) in [6.45, 7) is -0.425. The summed E-state index contributed by atoms with van der Waals surface area (Å²) in [7, 11) is -6.14. The quantitative estimate of drug-likeness (QED) is 0.108. The number of aromatic nitrogens is 6. The van der Waals surface area contributed by atoms with Gasteiger partial charge in [0.1, 0.15) is 16.4 Å². The number of ether oxygens (including phenoxy) is 2. The number of aromatic amines is 1. The van der Waals surface area contributed by atoms with E-state index in [1.54, 1.807) is 61.7 Å². The Hall–Kier alpha value is -5.40. The van der Waals surface area contributed by atoms with Crippen LogP contribution in [0, 0.1) is 0 Å². The van der Waals surface area contributed by atoms with Crippen LogP contribution in [0.3, 0.4) is 0 Å². The van der Waals surface area contributed by atoms with Crippen LogP contribution in [0.15, 0.2) is 88.7 Å². The molecule has 1 unspecified atom stereocenters. The van der Waals surface area contributed by atoms with Crippen LogP contribution in [0.25, 0.3) is 33.5 Å². The normalized spacial score (nSPS) is 12.6. The Kier molecular flexibility index (Phi) is 10.0. The molecular weight excluding hydrogens is 699 g/mol. The summed E-state index contributed by atoms with van der Waals surface area (Å²) in [5.41, 5.74) is 14.4. The van der Waals surface area contributed by atoms with E-state index < -0.39 is 41.5 Å². The van der Waals surface area contributed by atoms with Crippen molar-refractivity contribution in [2.75, 3.05) is 32.3 Å². The highest BCUT2D eigenvalue weighted by Crippen LogP contribution is 2.41. The Bertz CT molecular complexity index is 2400. The molecule has 0 spiro atoms. The summed E-state index contributed by atoms with van der Waals surface area (Å²) in [6, 6.07) is 21.6. The Balaban J connectivity index is 1.58. The number of tetrazole rings is 1. The van der Waals surface area contributed by atoms with Gasteiger partial charge in [0.15, 0.2) is 15.8 Å². The number of fused-ring (bicyclic) bond motifs is 1. The molecule has 2 aromatic heterocycles. The zero-order chi connectivity index (χ0) is 36.3. The number of H-pyrrole nitrogens is 1. The fourth-order valence-electron chi connectivity index (χ4n) is 5.50. The van der Waals surface area contributed by atoms with Gasteiger partial charge in [0, 0.05) is 18.7 Å². The van der Waals surface area contributed by atoms with Crippen molar-refractivity contribution in [1.82, 2.24) is 34.9 Å². The monoisotopic (exact) mass is 733 g/mol. The highest BCUT2D eigenvalue weighted by molar-refractivity contribution is 7.93. The molecule has 1 atom stereocenters. The molecule has 18 heteroatoms. The number of aliphatic hydroxyl groups is 1. The molecule has 266 valence electrons. The van der Waals surface area contributed by atoms with Crippen LogP contribution in [0.1, 0.15) is 11.1 Å². The number of sulfonamides is 1. The van der Waals surface area contributed by atoms with Gasteiger partial charge in [-0.2, -0.15) is 4.80 Å². The minimum Gasteiger partial charge on any atom is -0.497 e. The van der Waals surface area contributed by atoms with Gasteiger partial charge in [0.25, 0.3) is 0 Å². The zero-order valence-corrected chi connectivity index (χ0v) is 29.1. The van der Waals surface area contributed by atoms with Crippen LogP contribution in [0.2, 0.25) is 0 Å². The number of hydrogen-bond acceptors (Lipinski definition) is 13. The number of nitrogens with two attached hydrogens (primary N) is 2. The minimum atomic E-state index is -4.70. The van der Waals surface area contributed by atoms with Crippen LogP contribution in [0.5, 0.6) is 11.5 Å². The van der Waals surface area contributed by atoms with Crippen LogP contribution >= 0.6 is 0 Å². The molecule has 0 bridgehead atoms. The third kappa shape index (κ3) is 7.54. The molecule has 0 radical (unpaired) electrons. The van der Waals surface area contributed by atoms with Crippen molar-refractivity contribution >= 4 is 36.8 Å². The molecule has 51 heavy (non-hydrogen) atoms. The molecule has 0 fully saturated rings.